The molecular formula is C14H19N5OS. The number of carbonyl (C=O) groups is 1. The van der Waals surface area contributed by atoms with Gasteiger partial charge in [0.1, 0.15) is 5.01 Å². The molecule has 6 nitrogen and oxygen atoms in total. The molecule has 3 rings (SSSR count). The van der Waals surface area contributed by atoms with Crippen LogP contribution in [0, 0.1) is 6.92 Å². The van der Waals surface area contributed by atoms with Gasteiger partial charge in [-0.15, -0.1) is 11.3 Å². The monoisotopic (exact) mass is 305 g/mol. The summed E-state index contributed by atoms with van der Waals surface area (Å²) in [6.45, 7) is 4.04. The van der Waals surface area contributed by atoms with Gasteiger partial charge in [-0.3, -0.25) is 4.68 Å². The normalized spacial score (nSPS) is 18.1. The molecule has 2 aromatic heterocycles. The van der Waals surface area contributed by atoms with Gasteiger partial charge in [-0.2, -0.15) is 5.10 Å². The summed E-state index contributed by atoms with van der Waals surface area (Å²) in [6.07, 6.45) is 5.79. The number of nitrogens with one attached hydrogen (secondary N) is 1. The number of hydrogen-bond donors (Lipinski definition) is 1. The van der Waals surface area contributed by atoms with E-state index in [9.17, 15) is 4.79 Å². The van der Waals surface area contributed by atoms with Crippen molar-refractivity contribution in [3.63, 3.8) is 0 Å². The maximum Gasteiger partial charge on any atom is 0.318 e. The Bertz CT molecular complexity index is 594. The molecule has 3 heterocycles. The number of amides is 2. The van der Waals surface area contributed by atoms with E-state index in [0.29, 0.717) is 6.54 Å². The molecule has 21 heavy (non-hydrogen) atoms. The number of hydrogen-bond acceptors (Lipinski definition) is 4. The number of thiazole rings is 1. The van der Waals surface area contributed by atoms with Gasteiger partial charge in [0.25, 0.3) is 0 Å². The van der Waals surface area contributed by atoms with Gasteiger partial charge in [-0.25, -0.2) is 9.78 Å². The third-order valence-corrected chi connectivity index (χ3v) is 4.62. The van der Waals surface area contributed by atoms with Gasteiger partial charge in [0.15, 0.2) is 0 Å². The quantitative estimate of drug-likeness (QED) is 0.940. The number of aryl methyl sites for hydroxylation is 1. The second-order valence-corrected chi connectivity index (χ2v) is 6.20. The number of rotatable bonds is 4. The van der Waals surface area contributed by atoms with E-state index < -0.39 is 0 Å². The van der Waals surface area contributed by atoms with E-state index >= 15 is 0 Å². The molecule has 1 saturated heterocycles. The maximum absolute atomic E-state index is 12.3. The van der Waals surface area contributed by atoms with E-state index in [-0.39, 0.29) is 12.1 Å². The zero-order valence-electron chi connectivity index (χ0n) is 12.0. The van der Waals surface area contributed by atoms with Gasteiger partial charge in [0.05, 0.1) is 19.1 Å². The molecule has 1 N–H and O–H groups in total. The standard InChI is InChI=1S/C14H19N5OS/c1-11-10-21-13(17-11)8-15-14(20)19-7-2-4-12(19)9-18-6-3-5-16-18/h3,5-6,10,12H,2,4,7-9H2,1H3,(H,15,20)/t12-/m1/s1. The number of carbonyl (C=O) groups excluding carboxylic acids is 1. The first-order valence-electron chi connectivity index (χ1n) is 7.15. The minimum Gasteiger partial charge on any atom is -0.331 e. The smallest absolute Gasteiger partial charge is 0.318 e. The fraction of sp³-hybridized carbons (Fsp3) is 0.500. The lowest BCUT2D eigenvalue weighted by atomic mass is 10.2. The lowest BCUT2D eigenvalue weighted by Gasteiger charge is -2.24. The van der Waals surface area contributed by atoms with Crippen LogP contribution in [0.25, 0.3) is 0 Å². The topological polar surface area (TPSA) is 63.1 Å². The number of aromatic nitrogens is 3. The summed E-state index contributed by atoms with van der Waals surface area (Å²) in [5.41, 5.74) is 1.00. The van der Waals surface area contributed by atoms with Gasteiger partial charge < -0.3 is 10.2 Å². The average Bonchev–Trinajstić information content (AvgIpc) is 3.19. The highest BCUT2D eigenvalue weighted by atomic mass is 32.1. The van der Waals surface area contributed by atoms with Crippen LogP contribution in [0.4, 0.5) is 4.79 Å². The Morgan fingerprint density at radius 1 is 1.57 bits per heavy atom. The summed E-state index contributed by atoms with van der Waals surface area (Å²) >= 11 is 1.58. The van der Waals surface area contributed by atoms with Crippen LogP contribution in [0.3, 0.4) is 0 Å². The summed E-state index contributed by atoms with van der Waals surface area (Å²) in [6, 6.07) is 2.13. The average molecular weight is 305 g/mol. The number of urea groups is 1. The third-order valence-electron chi connectivity index (χ3n) is 3.65. The number of likely N-dealkylation sites (tertiary alicyclic amines) is 1. The maximum atomic E-state index is 12.3. The van der Waals surface area contributed by atoms with E-state index in [1.54, 1.807) is 17.5 Å². The molecule has 0 saturated carbocycles. The van der Waals surface area contributed by atoms with Crippen molar-refractivity contribution in [3.8, 4) is 0 Å². The second kappa shape index (κ2) is 6.26. The lowest BCUT2D eigenvalue weighted by molar-refractivity contribution is 0.185. The van der Waals surface area contributed by atoms with Crippen LogP contribution in [-0.4, -0.2) is 38.3 Å². The molecule has 1 fully saturated rings. The van der Waals surface area contributed by atoms with Crippen molar-refractivity contribution in [2.45, 2.75) is 38.9 Å². The first-order valence-corrected chi connectivity index (χ1v) is 8.03. The molecule has 0 spiro atoms. The second-order valence-electron chi connectivity index (χ2n) is 5.26. The summed E-state index contributed by atoms with van der Waals surface area (Å²) in [5.74, 6) is 0. The van der Waals surface area contributed by atoms with Crippen molar-refractivity contribution >= 4 is 17.4 Å². The Balaban J connectivity index is 1.55. The van der Waals surface area contributed by atoms with Gasteiger partial charge in [-0.05, 0) is 25.8 Å². The summed E-state index contributed by atoms with van der Waals surface area (Å²) in [4.78, 5) is 18.6. The molecule has 0 radical (unpaired) electrons. The molecule has 0 unspecified atom stereocenters. The van der Waals surface area contributed by atoms with Crippen LogP contribution in [-0.2, 0) is 13.1 Å². The minimum absolute atomic E-state index is 0.00231. The predicted octanol–water partition coefficient (Wildman–Crippen LogP) is 2.02. The van der Waals surface area contributed by atoms with Crippen molar-refractivity contribution in [1.82, 2.24) is 25.0 Å². The third kappa shape index (κ3) is 3.41. The highest BCUT2D eigenvalue weighted by Crippen LogP contribution is 2.19. The summed E-state index contributed by atoms with van der Waals surface area (Å²) < 4.78 is 1.89. The largest absolute Gasteiger partial charge is 0.331 e. The van der Waals surface area contributed by atoms with Crippen LogP contribution in [0.5, 0.6) is 0 Å². The van der Waals surface area contributed by atoms with Crippen LogP contribution in [0.15, 0.2) is 23.8 Å². The van der Waals surface area contributed by atoms with Crippen molar-refractivity contribution in [2.24, 2.45) is 0 Å². The molecule has 1 aliphatic heterocycles. The lowest BCUT2D eigenvalue weighted by Crippen LogP contribution is -2.44. The zero-order chi connectivity index (χ0) is 14.7. The molecular weight excluding hydrogens is 286 g/mol. The van der Waals surface area contributed by atoms with Gasteiger partial charge in [-0.1, -0.05) is 0 Å². The molecule has 0 aromatic carbocycles. The van der Waals surface area contributed by atoms with Crippen LogP contribution < -0.4 is 5.32 Å². The molecule has 0 bridgehead atoms. The Hall–Kier alpha value is -1.89. The van der Waals surface area contributed by atoms with E-state index in [1.807, 2.05) is 34.1 Å². The Morgan fingerprint density at radius 3 is 3.19 bits per heavy atom. The summed E-state index contributed by atoms with van der Waals surface area (Å²) in [7, 11) is 0. The SMILES string of the molecule is Cc1csc(CNC(=O)N2CCC[C@@H]2Cn2cccn2)n1. The Kier molecular flexibility index (Phi) is 4.19. The molecule has 2 amide bonds. The van der Waals surface area contributed by atoms with Crippen molar-refractivity contribution in [2.75, 3.05) is 6.54 Å². The molecule has 1 atom stereocenters. The molecule has 112 valence electrons. The van der Waals surface area contributed by atoms with Crippen molar-refractivity contribution in [1.29, 1.82) is 0 Å². The van der Waals surface area contributed by atoms with Crippen molar-refractivity contribution < 1.29 is 4.79 Å². The fourth-order valence-electron chi connectivity index (χ4n) is 2.65. The van der Waals surface area contributed by atoms with E-state index in [2.05, 4.69) is 15.4 Å². The van der Waals surface area contributed by atoms with E-state index in [0.717, 1.165) is 36.6 Å². The fourth-order valence-corrected chi connectivity index (χ4v) is 3.37. The molecule has 7 heteroatoms. The van der Waals surface area contributed by atoms with E-state index in [1.165, 1.54) is 0 Å². The number of nitrogens with zero attached hydrogens (tertiary/aromatic N) is 4. The van der Waals surface area contributed by atoms with Crippen LogP contribution in [0.2, 0.25) is 0 Å². The van der Waals surface area contributed by atoms with Crippen LogP contribution >= 0.6 is 11.3 Å². The van der Waals surface area contributed by atoms with Gasteiger partial charge in [0, 0.05) is 30.0 Å². The molecule has 2 aromatic rings. The molecule has 0 aliphatic carbocycles. The zero-order valence-corrected chi connectivity index (χ0v) is 12.8. The first kappa shape index (κ1) is 14.1. The van der Waals surface area contributed by atoms with Crippen LogP contribution in [0.1, 0.15) is 23.5 Å². The highest BCUT2D eigenvalue weighted by Gasteiger charge is 2.28. The summed E-state index contributed by atoms with van der Waals surface area (Å²) in [5, 5.41) is 10.1. The first-order chi connectivity index (χ1) is 10.2. The van der Waals surface area contributed by atoms with Crippen molar-refractivity contribution in [3.05, 3.63) is 34.5 Å². The Labute approximate surface area is 127 Å². The van der Waals surface area contributed by atoms with Gasteiger partial charge in [0.2, 0.25) is 0 Å². The van der Waals surface area contributed by atoms with E-state index in [4.69, 9.17) is 0 Å². The highest BCUT2D eigenvalue weighted by molar-refractivity contribution is 7.09. The van der Waals surface area contributed by atoms with Gasteiger partial charge >= 0.3 is 6.03 Å². The predicted molar refractivity (Wildman–Crippen MR) is 81.0 cm³/mol. The minimum atomic E-state index is -0.00231. The molecule has 1 aliphatic rings. The Morgan fingerprint density at radius 2 is 2.48 bits per heavy atom.